The minimum absolute atomic E-state index is 0.0215. The minimum Gasteiger partial charge on any atom is -0.289 e. The summed E-state index contributed by atoms with van der Waals surface area (Å²) in [5.74, 6) is -0.948. The number of anilines is 1. The predicted octanol–water partition coefficient (Wildman–Crippen LogP) is 5.21. The first-order valence-corrected chi connectivity index (χ1v) is 11.9. The summed E-state index contributed by atoms with van der Waals surface area (Å²) in [6.45, 7) is 0. The third-order valence-electron chi connectivity index (χ3n) is 5.41. The largest absolute Gasteiger partial charge is 0.289 e. The van der Waals surface area contributed by atoms with Crippen molar-refractivity contribution in [3.8, 4) is 0 Å². The Bertz CT molecular complexity index is 1200. The Kier molecular flexibility index (Phi) is 6.11. The molecule has 0 amide bonds. The highest BCUT2D eigenvalue weighted by atomic mass is 35.5. The Morgan fingerprint density at radius 3 is 2.52 bits per heavy atom. The van der Waals surface area contributed by atoms with Crippen LogP contribution in [0.15, 0.2) is 59.8 Å². The smallest absolute Gasteiger partial charge is 0.265 e. The number of hydrogen-bond acceptors (Lipinski definition) is 4. The number of sulfonamides is 1. The summed E-state index contributed by atoms with van der Waals surface area (Å²) >= 11 is 6.05. The number of nitrogens with one attached hydrogen (secondary N) is 1. The number of carbonyl (C=O) groups excluding carboxylic acids is 1. The molecule has 1 N–H and O–H groups in total. The molecule has 0 spiro atoms. The zero-order valence-corrected chi connectivity index (χ0v) is 18.2. The normalized spacial score (nSPS) is 15.0. The van der Waals surface area contributed by atoms with Gasteiger partial charge in [-0.3, -0.25) is 14.2 Å². The van der Waals surface area contributed by atoms with Crippen LogP contribution in [0.3, 0.4) is 0 Å². The fourth-order valence-electron chi connectivity index (χ4n) is 3.76. The van der Waals surface area contributed by atoms with Crippen molar-refractivity contribution < 1.29 is 17.6 Å². The van der Waals surface area contributed by atoms with E-state index in [0.29, 0.717) is 0 Å². The Hall–Kier alpha value is -2.71. The lowest BCUT2D eigenvalue weighted by Crippen LogP contribution is -2.16. The van der Waals surface area contributed by atoms with E-state index in [4.69, 9.17) is 11.6 Å². The van der Waals surface area contributed by atoms with Crippen molar-refractivity contribution in [3.63, 3.8) is 0 Å². The number of hydrogen-bond donors (Lipinski definition) is 1. The third-order valence-corrected chi connectivity index (χ3v) is 6.97. The van der Waals surface area contributed by atoms with Crippen LogP contribution in [0.4, 0.5) is 10.1 Å². The molecular formula is C22H21ClFN3O3S. The van der Waals surface area contributed by atoms with Crippen molar-refractivity contribution in [2.75, 3.05) is 4.72 Å². The first-order valence-electron chi connectivity index (χ1n) is 10.0. The Morgan fingerprint density at radius 2 is 1.81 bits per heavy atom. The van der Waals surface area contributed by atoms with Crippen LogP contribution < -0.4 is 4.72 Å². The molecule has 31 heavy (non-hydrogen) atoms. The van der Waals surface area contributed by atoms with Gasteiger partial charge in [-0.15, -0.1) is 0 Å². The van der Waals surface area contributed by atoms with Gasteiger partial charge in [0, 0.05) is 22.3 Å². The number of nitrogens with zero attached hydrogens (tertiary/aromatic N) is 2. The van der Waals surface area contributed by atoms with Crippen LogP contribution in [-0.4, -0.2) is 24.0 Å². The zero-order chi connectivity index (χ0) is 22.0. The summed E-state index contributed by atoms with van der Waals surface area (Å²) in [5, 5.41) is 4.53. The van der Waals surface area contributed by atoms with Gasteiger partial charge >= 0.3 is 0 Å². The number of ketones is 1. The molecule has 1 aliphatic carbocycles. The molecule has 1 saturated carbocycles. The molecule has 0 aliphatic heterocycles. The van der Waals surface area contributed by atoms with Crippen LogP contribution in [0.25, 0.3) is 0 Å². The molecule has 2 aromatic carbocycles. The molecule has 0 radical (unpaired) electrons. The van der Waals surface area contributed by atoms with Crippen LogP contribution in [0.5, 0.6) is 0 Å². The fraction of sp³-hybridized carbons (Fsp3) is 0.273. The summed E-state index contributed by atoms with van der Waals surface area (Å²) in [4.78, 5) is 13.0. The highest BCUT2D eigenvalue weighted by Gasteiger charge is 2.23. The molecule has 1 heterocycles. The van der Waals surface area contributed by atoms with Crippen LogP contribution in [0, 0.1) is 5.82 Å². The highest BCUT2D eigenvalue weighted by Crippen LogP contribution is 2.29. The minimum atomic E-state index is -3.98. The quantitative estimate of drug-likeness (QED) is 0.511. The number of aromatic nitrogens is 2. The molecule has 0 saturated heterocycles. The van der Waals surface area contributed by atoms with E-state index in [1.54, 1.807) is 4.68 Å². The fourth-order valence-corrected chi connectivity index (χ4v) is 4.95. The van der Waals surface area contributed by atoms with Gasteiger partial charge in [0.2, 0.25) is 0 Å². The maximum atomic E-state index is 13.2. The zero-order valence-electron chi connectivity index (χ0n) is 16.6. The first-order chi connectivity index (χ1) is 14.8. The summed E-state index contributed by atoms with van der Waals surface area (Å²) in [6, 6.07) is 9.52. The van der Waals surface area contributed by atoms with Gasteiger partial charge in [0.25, 0.3) is 10.0 Å². The van der Waals surface area contributed by atoms with Crippen molar-refractivity contribution in [2.24, 2.45) is 0 Å². The lowest BCUT2D eigenvalue weighted by molar-refractivity contribution is 0.103. The average Bonchev–Trinajstić information content (AvgIpc) is 3.27. The van der Waals surface area contributed by atoms with Crippen molar-refractivity contribution in [1.82, 2.24) is 9.78 Å². The number of rotatable bonds is 6. The third kappa shape index (κ3) is 4.80. The van der Waals surface area contributed by atoms with E-state index in [1.807, 2.05) is 0 Å². The summed E-state index contributed by atoms with van der Waals surface area (Å²) < 4.78 is 43.4. The average molecular weight is 462 g/mol. The number of halogens is 2. The van der Waals surface area contributed by atoms with Gasteiger partial charge in [-0.1, -0.05) is 30.9 Å². The van der Waals surface area contributed by atoms with Gasteiger partial charge in [0.1, 0.15) is 10.7 Å². The van der Waals surface area contributed by atoms with E-state index < -0.39 is 21.6 Å². The summed E-state index contributed by atoms with van der Waals surface area (Å²) in [5.41, 5.74) is 0.376. The second kappa shape index (κ2) is 8.80. The molecule has 9 heteroatoms. The van der Waals surface area contributed by atoms with E-state index in [0.717, 1.165) is 25.7 Å². The predicted molar refractivity (Wildman–Crippen MR) is 116 cm³/mol. The van der Waals surface area contributed by atoms with Gasteiger partial charge in [0.05, 0.1) is 17.9 Å². The molecule has 0 atom stereocenters. The maximum Gasteiger partial charge on any atom is 0.265 e. The van der Waals surface area contributed by atoms with Crippen molar-refractivity contribution >= 4 is 33.1 Å². The van der Waals surface area contributed by atoms with Crippen LogP contribution in [0.1, 0.15) is 54.1 Å². The molecule has 0 bridgehead atoms. The topological polar surface area (TPSA) is 81.1 Å². The van der Waals surface area contributed by atoms with Crippen LogP contribution >= 0.6 is 11.6 Å². The molecule has 1 aromatic heterocycles. The lowest BCUT2D eigenvalue weighted by atomic mass is 9.96. The monoisotopic (exact) mass is 461 g/mol. The van der Waals surface area contributed by atoms with E-state index in [-0.39, 0.29) is 32.8 Å². The summed E-state index contributed by atoms with van der Waals surface area (Å²) in [6.07, 6.45) is 8.18. The van der Waals surface area contributed by atoms with E-state index in [2.05, 4.69) is 9.82 Å². The first kappa shape index (κ1) is 21.5. The molecule has 4 rings (SSSR count). The van der Waals surface area contributed by atoms with Gasteiger partial charge in [-0.2, -0.15) is 5.10 Å². The molecule has 6 nitrogen and oxygen atoms in total. The molecule has 162 valence electrons. The summed E-state index contributed by atoms with van der Waals surface area (Å²) in [7, 11) is -3.98. The molecule has 3 aromatic rings. The number of carbonyl (C=O) groups is 1. The van der Waals surface area contributed by atoms with Gasteiger partial charge in [0.15, 0.2) is 5.78 Å². The van der Waals surface area contributed by atoms with Gasteiger partial charge in [-0.25, -0.2) is 12.8 Å². The molecule has 1 fully saturated rings. The molecular weight excluding hydrogens is 441 g/mol. The SMILES string of the molecule is O=C(c1ccc(F)cc1)c1cc(Cl)ccc1NS(=O)(=O)c1cnn(C2CCCCC2)c1. The van der Waals surface area contributed by atoms with E-state index >= 15 is 0 Å². The van der Waals surface area contributed by atoms with Crippen LogP contribution in [-0.2, 0) is 10.0 Å². The standard InChI is InChI=1S/C22H21ClFN3O3S/c23-16-8-11-21(20(12-16)22(28)15-6-9-17(24)10-7-15)26-31(29,30)19-13-25-27(14-19)18-4-2-1-3-5-18/h6-14,18,26H,1-5H2. The van der Waals surface area contributed by atoms with Crippen molar-refractivity contribution in [2.45, 2.75) is 43.0 Å². The maximum absolute atomic E-state index is 13.2. The Balaban J connectivity index is 1.62. The lowest BCUT2D eigenvalue weighted by Gasteiger charge is -2.21. The molecule has 0 unspecified atom stereocenters. The Morgan fingerprint density at radius 1 is 1.10 bits per heavy atom. The van der Waals surface area contributed by atoms with Gasteiger partial charge in [-0.05, 0) is 55.3 Å². The van der Waals surface area contributed by atoms with E-state index in [9.17, 15) is 17.6 Å². The second-order valence-electron chi connectivity index (χ2n) is 7.58. The Labute approximate surface area is 185 Å². The van der Waals surface area contributed by atoms with Crippen molar-refractivity contribution in [3.05, 3.63) is 76.8 Å². The molecule has 1 aliphatic rings. The highest BCUT2D eigenvalue weighted by molar-refractivity contribution is 7.92. The van der Waals surface area contributed by atoms with Crippen molar-refractivity contribution in [1.29, 1.82) is 0 Å². The van der Waals surface area contributed by atoms with E-state index in [1.165, 1.54) is 61.3 Å². The van der Waals surface area contributed by atoms with Gasteiger partial charge < -0.3 is 0 Å². The van der Waals surface area contributed by atoms with Crippen LogP contribution in [0.2, 0.25) is 5.02 Å². The number of benzene rings is 2. The second-order valence-corrected chi connectivity index (χ2v) is 9.70.